The fourth-order valence-electron chi connectivity index (χ4n) is 3.76. The minimum absolute atomic E-state index is 0.0426. The van der Waals surface area contributed by atoms with Gasteiger partial charge in [-0.2, -0.15) is 0 Å². The van der Waals surface area contributed by atoms with Gasteiger partial charge in [-0.25, -0.2) is 9.78 Å². The Hall–Kier alpha value is -1.46. The van der Waals surface area contributed by atoms with Crippen LogP contribution >= 0.6 is 0 Å². The number of pyridine rings is 1. The van der Waals surface area contributed by atoms with Crippen LogP contribution in [0.4, 0.5) is 0 Å². The molecular formula is C17H24N2O3. The zero-order valence-electron chi connectivity index (χ0n) is 13.3. The lowest BCUT2D eigenvalue weighted by Gasteiger charge is -2.31. The van der Waals surface area contributed by atoms with Crippen molar-refractivity contribution in [1.29, 1.82) is 0 Å². The zero-order chi connectivity index (χ0) is 15.9. The van der Waals surface area contributed by atoms with Crippen LogP contribution in [0.25, 0.3) is 0 Å². The van der Waals surface area contributed by atoms with Crippen molar-refractivity contribution in [3.63, 3.8) is 0 Å². The number of carbonyl (C=O) groups is 1. The number of nitrogens with zero attached hydrogens (tertiary/aromatic N) is 2. The summed E-state index contributed by atoms with van der Waals surface area (Å²) in [5.74, 6) is -0.343. The Balaban J connectivity index is 1.95. The number of likely N-dealkylation sites (tertiary alicyclic amines) is 1. The van der Waals surface area contributed by atoms with Crippen molar-refractivity contribution in [3.8, 4) is 0 Å². The Morgan fingerprint density at radius 2 is 2.32 bits per heavy atom. The van der Waals surface area contributed by atoms with Gasteiger partial charge in [0.25, 0.3) is 0 Å². The molecule has 3 rings (SSSR count). The van der Waals surface area contributed by atoms with Crippen LogP contribution in [0, 0.1) is 5.92 Å². The number of carboxylic acids is 1. The molecule has 5 heteroatoms. The molecule has 1 aromatic rings. The molecule has 1 fully saturated rings. The summed E-state index contributed by atoms with van der Waals surface area (Å²) in [7, 11) is 0. The summed E-state index contributed by atoms with van der Waals surface area (Å²) in [6.45, 7) is 6.85. The maximum absolute atomic E-state index is 11.4. The lowest BCUT2D eigenvalue weighted by molar-refractivity contribution is 0.0545. The van der Waals surface area contributed by atoms with Crippen LogP contribution in [0.15, 0.2) is 6.07 Å². The number of fused-ring (bicyclic) bond motifs is 1. The largest absolute Gasteiger partial charge is 0.477 e. The van der Waals surface area contributed by atoms with Crippen LogP contribution in [-0.2, 0) is 18.6 Å². The van der Waals surface area contributed by atoms with Gasteiger partial charge in [-0.05, 0) is 62.3 Å². The molecule has 0 radical (unpaired) electrons. The third-order valence-corrected chi connectivity index (χ3v) is 4.94. The number of hydrogen-bond acceptors (Lipinski definition) is 4. The molecule has 2 aliphatic rings. The molecule has 2 atom stereocenters. The molecule has 120 valence electrons. The van der Waals surface area contributed by atoms with E-state index in [2.05, 4.69) is 16.8 Å². The summed E-state index contributed by atoms with van der Waals surface area (Å²) in [6.07, 6.45) is 3.84. The molecule has 2 N–H and O–H groups in total. The smallest absolute Gasteiger partial charge is 0.354 e. The first-order valence-corrected chi connectivity index (χ1v) is 8.08. The van der Waals surface area contributed by atoms with Crippen LogP contribution in [-0.4, -0.2) is 39.2 Å². The normalized spacial score (nSPS) is 28.6. The van der Waals surface area contributed by atoms with Crippen LogP contribution < -0.4 is 0 Å². The summed E-state index contributed by atoms with van der Waals surface area (Å²) in [5.41, 5.74) is 1.67. The second kappa shape index (κ2) is 5.63. The van der Waals surface area contributed by atoms with Crippen molar-refractivity contribution in [3.05, 3.63) is 28.6 Å². The third kappa shape index (κ3) is 2.88. The molecule has 1 unspecified atom stereocenters. The number of hydrogen-bond donors (Lipinski definition) is 2. The minimum atomic E-state index is -1.03. The Kier molecular flexibility index (Phi) is 3.95. The molecule has 22 heavy (non-hydrogen) atoms. The van der Waals surface area contributed by atoms with Gasteiger partial charge in [-0.1, -0.05) is 6.92 Å². The van der Waals surface area contributed by atoms with Gasteiger partial charge in [0.1, 0.15) is 11.3 Å². The van der Waals surface area contributed by atoms with Gasteiger partial charge in [0.15, 0.2) is 0 Å². The van der Waals surface area contributed by atoms with Gasteiger partial charge in [0.2, 0.25) is 0 Å². The highest BCUT2D eigenvalue weighted by atomic mass is 16.4. The molecule has 1 saturated heterocycles. The van der Waals surface area contributed by atoms with Crippen molar-refractivity contribution < 1.29 is 15.0 Å². The fraction of sp³-hybridized carbons (Fsp3) is 0.647. The van der Waals surface area contributed by atoms with Gasteiger partial charge in [-0.15, -0.1) is 0 Å². The lowest BCUT2D eigenvalue weighted by Crippen LogP contribution is -2.34. The van der Waals surface area contributed by atoms with Gasteiger partial charge in [-0.3, -0.25) is 4.90 Å². The number of rotatable bonds is 3. The van der Waals surface area contributed by atoms with E-state index in [1.165, 1.54) is 12.8 Å². The second-order valence-electron chi connectivity index (χ2n) is 7.06. The highest BCUT2D eigenvalue weighted by molar-refractivity contribution is 5.85. The van der Waals surface area contributed by atoms with Gasteiger partial charge in [0.05, 0.1) is 5.69 Å². The second-order valence-corrected chi connectivity index (χ2v) is 7.06. The molecule has 0 aromatic carbocycles. The zero-order valence-corrected chi connectivity index (χ0v) is 13.3. The van der Waals surface area contributed by atoms with Crippen LogP contribution in [0.5, 0.6) is 0 Å². The van der Waals surface area contributed by atoms with E-state index in [0.717, 1.165) is 37.2 Å². The minimum Gasteiger partial charge on any atom is -0.477 e. The molecule has 0 amide bonds. The van der Waals surface area contributed by atoms with Crippen LogP contribution in [0.1, 0.15) is 60.4 Å². The standard InChI is InChI=1S/C17H24N2O3/c1-11-4-3-7-19(9-11)10-12-8-14(16(20)21)18-15-13(12)5-6-17(15,2)22/h8,11,22H,3-7,9-10H2,1-2H3,(H,20,21)/t11-,17?/m0/s1. The van der Waals surface area contributed by atoms with Crippen LogP contribution in [0.3, 0.4) is 0 Å². The highest BCUT2D eigenvalue weighted by Gasteiger charge is 2.36. The SMILES string of the molecule is C[C@H]1CCCN(Cc2cc(C(=O)O)nc3c2CCC3(C)O)C1. The van der Waals surface area contributed by atoms with E-state index in [9.17, 15) is 15.0 Å². The lowest BCUT2D eigenvalue weighted by atomic mass is 9.98. The fourth-order valence-corrected chi connectivity index (χ4v) is 3.76. The summed E-state index contributed by atoms with van der Waals surface area (Å²) < 4.78 is 0. The molecular weight excluding hydrogens is 280 g/mol. The van der Waals surface area contributed by atoms with E-state index in [0.29, 0.717) is 18.0 Å². The predicted molar refractivity (Wildman–Crippen MR) is 82.8 cm³/mol. The average Bonchev–Trinajstić information content (AvgIpc) is 2.75. The predicted octanol–water partition coefficient (Wildman–Crippen LogP) is 2.17. The van der Waals surface area contributed by atoms with Crippen LogP contribution in [0.2, 0.25) is 0 Å². The monoisotopic (exact) mass is 304 g/mol. The van der Waals surface area contributed by atoms with Crippen molar-refractivity contribution in [2.75, 3.05) is 13.1 Å². The first-order chi connectivity index (χ1) is 10.4. The van der Waals surface area contributed by atoms with E-state index < -0.39 is 11.6 Å². The maximum atomic E-state index is 11.4. The van der Waals surface area contributed by atoms with Gasteiger partial charge in [0, 0.05) is 13.1 Å². The number of piperidine rings is 1. The molecule has 5 nitrogen and oxygen atoms in total. The summed E-state index contributed by atoms with van der Waals surface area (Å²) in [6, 6.07) is 1.70. The molecule has 2 heterocycles. The van der Waals surface area contributed by atoms with Crippen molar-refractivity contribution in [2.24, 2.45) is 5.92 Å². The molecule has 1 aliphatic carbocycles. The number of aliphatic hydroxyl groups is 1. The average molecular weight is 304 g/mol. The molecule has 0 saturated carbocycles. The van der Waals surface area contributed by atoms with Crippen molar-refractivity contribution in [2.45, 2.75) is 51.7 Å². The first kappa shape index (κ1) is 15.4. The molecule has 0 bridgehead atoms. The topological polar surface area (TPSA) is 73.7 Å². The Morgan fingerprint density at radius 3 is 3.00 bits per heavy atom. The Bertz CT molecular complexity index is 598. The maximum Gasteiger partial charge on any atom is 0.354 e. The van der Waals surface area contributed by atoms with Crippen molar-refractivity contribution >= 4 is 5.97 Å². The molecule has 1 aromatic heterocycles. The quantitative estimate of drug-likeness (QED) is 0.895. The number of carboxylic acid groups (broad SMARTS) is 1. The van der Waals surface area contributed by atoms with E-state index in [1.54, 1.807) is 13.0 Å². The Morgan fingerprint density at radius 1 is 1.55 bits per heavy atom. The first-order valence-electron chi connectivity index (χ1n) is 8.08. The Labute approximate surface area is 131 Å². The summed E-state index contributed by atoms with van der Waals surface area (Å²) in [4.78, 5) is 17.9. The van der Waals surface area contributed by atoms with E-state index in [-0.39, 0.29) is 5.69 Å². The number of aromatic carboxylic acids is 1. The molecule has 1 aliphatic heterocycles. The third-order valence-electron chi connectivity index (χ3n) is 4.94. The van der Waals surface area contributed by atoms with E-state index in [4.69, 9.17) is 0 Å². The van der Waals surface area contributed by atoms with Crippen molar-refractivity contribution in [1.82, 2.24) is 9.88 Å². The summed E-state index contributed by atoms with van der Waals surface area (Å²) >= 11 is 0. The van der Waals surface area contributed by atoms with E-state index in [1.807, 2.05) is 0 Å². The van der Waals surface area contributed by atoms with E-state index >= 15 is 0 Å². The van der Waals surface area contributed by atoms with Gasteiger partial charge >= 0.3 is 5.97 Å². The van der Waals surface area contributed by atoms with Gasteiger partial charge < -0.3 is 10.2 Å². The summed E-state index contributed by atoms with van der Waals surface area (Å²) in [5, 5.41) is 19.8. The highest BCUT2D eigenvalue weighted by Crippen LogP contribution is 2.37. The molecule has 0 spiro atoms. The number of aromatic nitrogens is 1.